The van der Waals surface area contributed by atoms with Gasteiger partial charge in [0.05, 0.1) is 6.04 Å². The molecule has 0 saturated carbocycles. The van der Waals surface area contributed by atoms with Crippen LogP contribution >= 0.6 is 11.3 Å². The highest BCUT2D eigenvalue weighted by Gasteiger charge is 2.19. The molecule has 0 aliphatic carbocycles. The zero-order valence-corrected chi connectivity index (χ0v) is 11.8. The highest BCUT2D eigenvalue weighted by Crippen LogP contribution is 2.34. The number of fused-ring (bicyclic) bond motifs is 1. The predicted octanol–water partition coefficient (Wildman–Crippen LogP) is 2.53. The fraction of sp³-hybridized carbons (Fsp3) is 0.357. The van der Waals surface area contributed by atoms with E-state index in [-0.39, 0.29) is 6.04 Å². The number of rotatable bonds is 3. The maximum Gasteiger partial charge on any atom is 0.161 e. The van der Waals surface area contributed by atoms with Gasteiger partial charge in [-0.15, -0.1) is 11.3 Å². The van der Waals surface area contributed by atoms with Crippen LogP contribution in [0.25, 0.3) is 0 Å². The van der Waals surface area contributed by atoms with Gasteiger partial charge in [-0.1, -0.05) is 6.07 Å². The molecule has 19 heavy (non-hydrogen) atoms. The standard InChI is InChI=1S/C14H16N2O2S/c1-9-8-19-14(16-9)13(15-2)10-3-4-11-12(7-10)18-6-5-17-11/h3-4,7-8,13,15H,5-6H2,1-2H3. The van der Waals surface area contributed by atoms with Crippen molar-refractivity contribution in [3.05, 3.63) is 39.8 Å². The third kappa shape index (κ3) is 2.43. The summed E-state index contributed by atoms with van der Waals surface area (Å²) in [5, 5.41) is 6.44. The van der Waals surface area contributed by atoms with Crippen LogP contribution in [0.3, 0.4) is 0 Å². The minimum atomic E-state index is 0.0922. The molecule has 0 radical (unpaired) electrons. The van der Waals surface area contributed by atoms with Gasteiger partial charge < -0.3 is 14.8 Å². The lowest BCUT2D eigenvalue weighted by atomic mass is 10.1. The predicted molar refractivity (Wildman–Crippen MR) is 75.2 cm³/mol. The van der Waals surface area contributed by atoms with E-state index in [0.717, 1.165) is 27.8 Å². The van der Waals surface area contributed by atoms with E-state index in [4.69, 9.17) is 9.47 Å². The minimum absolute atomic E-state index is 0.0922. The lowest BCUT2D eigenvalue weighted by molar-refractivity contribution is 0.171. The number of thiazole rings is 1. The van der Waals surface area contributed by atoms with Crippen LogP contribution in [-0.2, 0) is 0 Å². The Morgan fingerprint density at radius 3 is 2.74 bits per heavy atom. The van der Waals surface area contributed by atoms with Crippen LogP contribution in [0.5, 0.6) is 11.5 Å². The molecular formula is C14H16N2O2S. The number of ether oxygens (including phenoxy) is 2. The quantitative estimate of drug-likeness (QED) is 0.935. The Kier molecular flexibility index (Phi) is 3.40. The van der Waals surface area contributed by atoms with Gasteiger partial charge in [0.25, 0.3) is 0 Å². The van der Waals surface area contributed by atoms with Crippen molar-refractivity contribution in [2.45, 2.75) is 13.0 Å². The lowest BCUT2D eigenvalue weighted by Crippen LogP contribution is -2.19. The van der Waals surface area contributed by atoms with Gasteiger partial charge in [-0.3, -0.25) is 0 Å². The Morgan fingerprint density at radius 2 is 2.05 bits per heavy atom. The van der Waals surface area contributed by atoms with Crippen molar-refractivity contribution in [1.29, 1.82) is 0 Å². The zero-order valence-electron chi connectivity index (χ0n) is 11.0. The summed E-state index contributed by atoms with van der Waals surface area (Å²) < 4.78 is 11.2. The Bertz CT molecular complexity index is 583. The fourth-order valence-electron chi connectivity index (χ4n) is 2.18. The topological polar surface area (TPSA) is 43.4 Å². The number of hydrogen-bond donors (Lipinski definition) is 1. The summed E-state index contributed by atoms with van der Waals surface area (Å²) in [5.41, 5.74) is 2.19. The van der Waals surface area contributed by atoms with Gasteiger partial charge in [-0.2, -0.15) is 0 Å². The van der Waals surface area contributed by atoms with Gasteiger partial charge in [0.2, 0.25) is 0 Å². The largest absolute Gasteiger partial charge is 0.486 e. The molecule has 1 aliphatic rings. The Balaban J connectivity index is 1.95. The first-order chi connectivity index (χ1) is 9.28. The molecule has 2 aromatic rings. The van der Waals surface area contributed by atoms with Crippen molar-refractivity contribution in [3.63, 3.8) is 0 Å². The molecular weight excluding hydrogens is 260 g/mol. The molecule has 0 bridgehead atoms. The van der Waals surface area contributed by atoms with Crippen molar-refractivity contribution in [3.8, 4) is 11.5 Å². The molecule has 2 heterocycles. The van der Waals surface area contributed by atoms with E-state index in [1.165, 1.54) is 0 Å². The van der Waals surface area contributed by atoms with Gasteiger partial charge in [-0.05, 0) is 31.7 Å². The summed E-state index contributed by atoms with van der Waals surface area (Å²) >= 11 is 1.67. The second-order valence-electron chi connectivity index (χ2n) is 4.45. The van der Waals surface area contributed by atoms with Crippen LogP contribution < -0.4 is 14.8 Å². The second-order valence-corrected chi connectivity index (χ2v) is 5.34. The normalized spacial score (nSPS) is 15.3. The zero-order chi connectivity index (χ0) is 13.2. The third-order valence-corrected chi connectivity index (χ3v) is 4.10. The SMILES string of the molecule is CNC(c1ccc2c(c1)OCCO2)c1nc(C)cs1. The molecule has 0 spiro atoms. The fourth-order valence-corrected chi connectivity index (χ4v) is 3.11. The number of benzene rings is 1. The van der Waals surface area contributed by atoms with Gasteiger partial charge in [0.1, 0.15) is 18.2 Å². The van der Waals surface area contributed by atoms with Gasteiger partial charge in [0.15, 0.2) is 11.5 Å². The average Bonchev–Trinajstić information content (AvgIpc) is 2.86. The summed E-state index contributed by atoms with van der Waals surface area (Å²) in [6.07, 6.45) is 0. The van der Waals surface area contributed by atoms with Crippen LogP contribution in [0.4, 0.5) is 0 Å². The van der Waals surface area contributed by atoms with Crippen LogP contribution in [0.2, 0.25) is 0 Å². The second kappa shape index (κ2) is 5.19. The van der Waals surface area contributed by atoms with E-state index in [1.807, 2.05) is 26.1 Å². The highest BCUT2D eigenvalue weighted by atomic mass is 32.1. The summed E-state index contributed by atoms with van der Waals surface area (Å²) in [5.74, 6) is 1.64. The molecule has 0 fully saturated rings. The van der Waals surface area contributed by atoms with Gasteiger partial charge in [0, 0.05) is 11.1 Å². The van der Waals surface area contributed by atoms with E-state index in [9.17, 15) is 0 Å². The van der Waals surface area contributed by atoms with Crippen LogP contribution in [0.15, 0.2) is 23.6 Å². The summed E-state index contributed by atoms with van der Waals surface area (Å²) in [6.45, 7) is 3.24. The molecule has 1 aromatic carbocycles. The first-order valence-electron chi connectivity index (χ1n) is 6.27. The van der Waals surface area contributed by atoms with E-state index in [0.29, 0.717) is 13.2 Å². The van der Waals surface area contributed by atoms with E-state index < -0.39 is 0 Å². The van der Waals surface area contributed by atoms with Crippen LogP contribution in [0.1, 0.15) is 22.3 Å². The molecule has 4 nitrogen and oxygen atoms in total. The number of hydrogen-bond acceptors (Lipinski definition) is 5. The van der Waals surface area contributed by atoms with E-state index in [2.05, 4.69) is 21.7 Å². The molecule has 1 unspecified atom stereocenters. The molecule has 1 atom stereocenters. The molecule has 0 amide bonds. The van der Waals surface area contributed by atoms with Crippen LogP contribution in [-0.4, -0.2) is 25.2 Å². The van der Waals surface area contributed by atoms with Gasteiger partial charge >= 0.3 is 0 Å². The molecule has 1 aliphatic heterocycles. The molecule has 0 saturated heterocycles. The molecule has 100 valence electrons. The van der Waals surface area contributed by atoms with Crippen molar-refractivity contribution in [2.75, 3.05) is 20.3 Å². The first-order valence-corrected chi connectivity index (χ1v) is 7.15. The number of nitrogens with zero attached hydrogens (tertiary/aromatic N) is 1. The van der Waals surface area contributed by atoms with E-state index in [1.54, 1.807) is 11.3 Å². The first kappa shape index (κ1) is 12.4. The third-order valence-electron chi connectivity index (χ3n) is 3.07. The number of nitrogens with one attached hydrogen (secondary N) is 1. The molecule has 1 N–H and O–H groups in total. The van der Waals surface area contributed by atoms with Crippen molar-refractivity contribution < 1.29 is 9.47 Å². The Morgan fingerprint density at radius 1 is 1.26 bits per heavy atom. The summed E-state index contributed by atoms with van der Waals surface area (Å²) in [4.78, 5) is 4.55. The maximum atomic E-state index is 5.63. The number of aromatic nitrogens is 1. The minimum Gasteiger partial charge on any atom is -0.486 e. The smallest absolute Gasteiger partial charge is 0.161 e. The van der Waals surface area contributed by atoms with Crippen molar-refractivity contribution >= 4 is 11.3 Å². The lowest BCUT2D eigenvalue weighted by Gasteiger charge is -2.21. The van der Waals surface area contributed by atoms with E-state index >= 15 is 0 Å². The maximum absolute atomic E-state index is 5.63. The summed E-state index contributed by atoms with van der Waals surface area (Å²) in [7, 11) is 1.94. The Hall–Kier alpha value is -1.59. The molecule has 3 rings (SSSR count). The Labute approximate surface area is 116 Å². The van der Waals surface area contributed by atoms with Crippen molar-refractivity contribution in [1.82, 2.24) is 10.3 Å². The van der Waals surface area contributed by atoms with Crippen molar-refractivity contribution in [2.24, 2.45) is 0 Å². The van der Waals surface area contributed by atoms with Crippen LogP contribution in [0, 0.1) is 6.92 Å². The highest BCUT2D eigenvalue weighted by molar-refractivity contribution is 7.09. The monoisotopic (exact) mass is 276 g/mol. The number of aryl methyl sites for hydroxylation is 1. The van der Waals surface area contributed by atoms with Gasteiger partial charge in [-0.25, -0.2) is 4.98 Å². The average molecular weight is 276 g/mol. The molecule has 5 heteroatoms. The summed E-state index contributed by atoms with van der Waals surface area (Å²) in [6, 6.07) is 6.15. The molecule has 1 aromatic heterocycles.